The molecule has 12 nitrogen and oxygen atoms in total. The van der Waals surface area contributed by atoms with Crippen molar-refractivity contribution in [1.29, 1.82) is 0 Å². The number of carbonyl (C=O) groups is 4. The summed E-state index contributed by atoms with van der Waals surface area (Å²) in [6.07, 6.45) is -3.82. The summed E-state index contributed by atoms with van der Waals surface area (Å²) in [6.45, 7) is 4.70. The van der Waals surface area contributed by atoms with Gasteiger partial charge in [0, 0.05) is 31.7 Å². The van der Waals surface area contributed by atoms with Crippen molar-refractivity contribution in [2.75, 3.05) is 25.6 Å². The lowest BCUT2D eigenvalue weighted by Crippen LogP contribution is -2.55. The molecule has 5 rings (SSSR count). The zero-order valence-electron chi connectivity index (χ0n) is 27.3. The first kappa shape index (κ1) is 34.4. The van der Waals surface area contributed by atoms with E-state index in [9.17, 15) is 24.3 Å². The molecule has 2 amide bonds. The van der Waals surface area contributed by atoms with Crippen LogP contribution in [-0.2, 0) is 39.9 Å². The molecule has 3 aromatic carbocycles. The van der Waals surface area contributed by atoms with Gasteiger partial charge in [0.15, 0.2) is 12.2 Å². The molecule has 2 aliphatic rings. The Balaban J connectivity index is 1.19. The highest BCUT2D eigenvalue weighted by Crippen LogP contribution is 2.44. The third-order valence-corrected chi connectivity index (χ3v) is 8.82. The Morgan fingerprint density at radius 2 is 1.58 bits per heavy atom. The Morgan fingerprint density at radius 1 is 0.917 bits per heavy atom. The van der Waals surface area contributed by atoms with Gasteiger partial charge in [0.05, 0.1) is 19.4 Å². The number of aliphatic hydroxyl groups is 1. The topological polar surface area (TPSA) is 159 Å². The quantitative estimate of drug-likeness (QED) is 0.197. The molecular formula is C36H40N2O10. The molecule has 0 unspecified atom stereocenters. The maximum Gasteiger partial charge on any atom is 0.407 e. The molecule has 1 aliphatic carbocycles. The zero-order valence-corrected chi connectivity index (χ0v) is 27.3. The lowest BCUT2D eigenvalue weighted by atomic mass is 9.83. The standard InChI is InChI=1S/C36H40N2O10/c1-20-21(2)33(46-22(3)40)35(48-32(20)34(42)44-4)47-30-14-13-23(18-39)17-29(30)38-31(41)15-16-37-36(43)45-19-28-26-11-7-5-9-24(26)25-10-6-8-12-27(25)28/h5-14,17,20-21,28,32-33,35,39H,15-16,18-19H2,1-4H3,(H,37,43)(H,38,41)/t20-,21-,32-,33+,35+/m0/s1. The monoisotopic (exact) mass is 660 g/mol. The number of carbonyl (C=O) groups excluding carboxylic acids is 4. The second-order valence-corrected chi connectivity index (χ2v) is 11.9. The van der Waals surface area contributed by atoms with E-state index in [0.29, 0.717) is 5.56 Å². The summed E-state index contributed by atoms with van der Waals surface area (Å²) in [4.78, 5) is 50.0. The third-order valence-electron chi connectivity index (χ3n) is 8.82. The van der Waals surface area contributed by atoms with Gasteiger partial charge in [-0.3, -0.25) is 9.59 Å². The predicted octanol–water partition coefficient (Wildman–Crippen LogP) is 4.53. The second-order valence-electron chi connectivity index (χ2n) is 11.9. The van der Waals surface area contributed by atoms with E-state index in [-0.39, 0.29) is 55.4 Å². The molecule has 254 valence electrons. The average molecular weight is 661 g/mol. The van der Waals surface area contributed by atoms with E-state index in [2.05, 4.69) is 22.8 Å². The van der Waals surface area contributed by atoms with Gasteiger partial charge in [-0.15, -0.1) is 0 Å². The number of aliphatic hydroxyl groups excluding tert-OH is 1. The Morgan fingerprint density at radius 3 is 2.21 bits per heavy atom. The first-order valence-electron chi connectivity index (χ1n) is 15.8. The fourth-order valence-corrected chi connectivity index (χ4v) is 6.15. The first-order chi connectivity index (χ1) is 23.1. The first-order valence-corrected chi connectivity index (χ1v) is 15.8. The molecule has 1 heterocycles. The van der Waals surface area contributed by atoms with Crippen LogP contribution in [-0.4, -0.2) is 67.8 Å². The average Bonchev–Trinajstić information content (AvgIpc) is 3.40. The molecule has 48 heavy (non-hydrogen) atoms. The molecule has 0 spiro atoms. The molecule has 3 aromatic rings. The number of esters is 2. The summed E-state index contributed by atoms with van der Waals surface area (Å²) in [5.41, 5.74) is 5.13. The minimum absolute atomic E-state index is 0.00510. The van der Waals surface area contributed by atoms with Crippen molar-refractivity contribution in [2.24, 2.45) is 11.8 Å². The molecule has 1 fully saturated rings. The van der Waals surface area contributed by atoms with E-state index in [1.807, 2.05) is 43.3 Å². The van der Waals surface area contributed by atoms with E-state index in [1.165, 1.54) is 26.2 Å². The number of amides is 2. The van der Waals surface area contributed by atoms with Gasteiger partial charge in [0.25, 0.3) is 0 Å². The Labute approximate surface area is 278 Å². The number of methoxy groups -OCH3 is 1. The fourth-order valence-electron chi connectivity index (χ4n) is 6.15. The van der Waals surface area contributed by atoms with Crippen molar-refractivity contribution in [3.05, 3.63) is 83.4 Å². The second kappa shape index (κ2) is 15.3. The van der Waals surface area contributed by atoms with E-state index < -0.39 is 42.4 Å². The van der Waals surface area contributed by atoms with Crippen LogP contribution in [0.5, 0.6) is 5.75 Å². The Hall–Kier alpha value is -4.94. The van der Waals surface area contributed by atoms with Crippen molar-refractivity contribution >= 4 is 29.6 Å². The minimum Gasteiger partial charge on any atom is -0.467 e. The van der Waals surface area contributed by atoms with Crippen molar-refractivity contribution in [3.63, 3.8) is 0 Å². The largest absolute Gasteiger partial charge is 0.467 e. The molecule has 12 heteroatoms. The number of anilines is 1. The van der Waals surface area contributed by atoms with Crippen LogP contribution in [0.25, 0.3) is 11.1 Å². The number of rotatable bonds is 11. The Bertz CT molecular complexity index is 1610. The number of ether oxygens (including phenoxy) is 5. The van der Waals surface area contributed by atoms with Crippen LogP contribution in [0.15, 0.2) is 66.7 Å². The maximum absolute atomic E-state index is 13.0. The van der Waals surface area contributed by atoms with Crippen LogP contribution < -0.4 is 15.4 Å². The van der Waals surface area contributed by atoms with Crippen molar-refractivity contribution in [3.8, 4) is 16.9 Å². The van der Waals surface area contributed by atoms with Crippen molar-refractivity contribution in [1.82, 2.24) is 5.32 Å². The van der Waals surface area contributed by atoms with Gasteiger partial charge in [-0.1, -0.05) is 68.4 Å². The highest BCUT2D eigenvalue weighted by atomic mass is 16.7. The van der Waals surface area contributed by atoms with Crippen LogP contribution >= 0.6 is 0 Å². The fraction of sp³-hybridized carbons (Fsp3) is 0.389. The molecule has 3 N–H and O–H groups in total. The van der Waals surface area contributed by atoms with Gasteiger partial charge < -0.3 is 39.4 Å². The summed E-state index contributed by atoms with van der Waals surface area (Å²) >= 11 is 0. The van der Waals surface area contributed by atoms with Crippen LogP contribution in [0.2, 0.25) is 0 Å². The SMILES string of the molecule is COC(=O)[C@H]1O[C@@H](Oc2ccc(CO)cc2NC(=O)CCNC(=O)OCC2c3ccccc3-c3ccccc32)[C@H](OC(C)=O)[C@@H](C)[C@@H]1C. The highest BCUT2D eigenvalue weighted by Gasteiger charge is 2.48. The van der Waals surface area contributed by atoms with E-state index in [4.69, 9.17) is 23.7 Å². The van der Waals surface area contributed by atoms with E-state index in [1.54, 1.807) is 13.0 Å². The van der Waals surface area contributed by atoms with Crippen molar-refractivity contribution < 1.29 is 48.0 Å². The van der Waals surface area contributed by atoms with Crippen molar-refractivity contribution in [2.45, 2.75) is 58.2 Å². The molecule has 0 radical (unpaired) electrons. The molecule has 1 saturated heterocycles. The van der Waals surface area contributed by atoms with Gasteiger partial charge in [0.1, 0.15) is 12.4 Å². The number of fused-ring (bicyclic) bond motifs is 3. The maximum atomic E-state index is 13.0. The summed E-state index contributed by atoms with van der Waals surface area (Å²) in [6, 6.07) is 20.7. The molecule has 0 aromatic heterocycles. The highest BCUT2D eigenvalue weighted by molar-refractivity contribution is 5.92. The van der Waals surface area contributed by atoms with Crippen LogP contribution in [0.1, 0.15) is 49.8 Å². The van der Waals surface area contributed by atoms with Gasteiger partial charge in [-0.2, -0.15) is 0 Å². The zero-order chi connectivity index (χ0) is 34.4. The third kappa shape index (κ3) is 7.61. The summed E-state index contributed by atoms with van der Waals surface area (Å²) in [7, 11) is 1.25. The lowest BCUT2D eigenvalue weighted by molar-refractivity contribution is -0.248. The number of nitrogens with one attached hydrogen (secondary N) is 2. The number of alkyl carbamates (subject to hydrolysis) is 1. The van der Waals surface area contributed by atoms with E-state index in [0.717, 1.165) is 22.3 Å². The minimum atomic E-state index is -1.21. The Kier molecular flexibility index (Phi) is 11.0. The normalized spacial score (nSPS) is 21.3. The summed E-state index contributed by atoms with van der Waals surface area (Å²) in [5.74, 6) is -2.26. The molecule has 5 atom stereocenters. The number of hydrogen-bond donors (Lipinski definition) is 3. The van der Waals surface area contributed by atoms with Gasteiger partial charge in [-0.05, 0) is 45.9 Å². The van der Waals surface area contributed by atoms with Gasteiger partial charge in [-0.25, -0.2) is 9.59 Å². The van der Waals surface area contributed by atoms with Gasteiger partial charge >= 0.3 is 18.0 Å². The molecular weight excluding hydrogens is 620 g/mol. The van der Waals surface area contributed by atoms with Crippen LogP contribution in [0.4, 0.5) is 10.5 Å². The summed E-state index contributed by atoms with van der Waals surface area (Å²) < 4.78 is 28.1. The summed E-state index contributed by atoms with van der Waals surface area (Å²) in [5, 5.41) is 15.1. The molecule has 0 saturated carbocycles. The van der Waals surface area contributed by atoms with Crippen LogP contribution in [0, 0.1) is 11.8 Å². The number of hydrogen-bond acceptors (Lipinski definition) is 10. The van der Waals surface area contributed by atoms with Gasteiger partial charge in [0.2, 0.25) is 12.2 Å². The molecule has 0 bridgehead atoms. The van der Waals surface area contributed by atoms with Crippen LogP contribution in [0.3, 0.4) is 0 Å². The predicted molar refractivity (Wildman–Crippen MR) is 174 cm³/mol. The smallest absolute Gasteiger partial charge is 0.407 e. The molecule has 1 aliphatic heterocycles. The van der Waals surface area contributed by atoms with E-state index >= 15 is 0 Å². The number of benzene rings is 3. The lowest BCUT2D eigenvalue weighted by Gasteiger charge is -2.42.